The lowest BCUT2D eigenvalue weighted by Gasteiger charge is -2.06. The van der Waals surface area contributed by atoms with Gasteiger partial charge in [-0.05, 0) is 18.6 Å². The van der Waals surface area contributed by atoms with Crippen LogP contribution in [0.5, 0.6) is 0 Å². The maximum absolute atomic E-state index is 11.4. The zero-order valence-corrected chi connectivity index (χ0v) is 9.52. The molecular formula is C11H12N2O2S. The highest BCUT2D eigenvalue weighted by Crippen LogP contribution is 2.28. The molecule has 5 heteroatoms. The summed E-state index contributed by atoms with van der Waals surface area (Å²) in [6.07, 6.45) is 4.42. The normalized spacial score (nSPS) is 23.9. The van der Waals surface area contributed by atoms with Gasteiger partial charge in [0.2, 0.25) is 0 Å². The van der Waals surface area contributed by atoms with Gasteiger partial charge in [-0.25, -0.2) is 13.4 Å². The average Bonchev–Trinajstić information content (AvgIpc) is 2.81. The summed E-state index contributed by atoms with van der Waals surface area (Å²) in [5.74, 6) is 1.45. The fourth-order valence-electron chi connectivity index (χ4n) is 2.27. The van der Waals surface area contributed by atoms with Gasteiger partial charge in [-0.3, -0.25) is 0 Å². The molecule has 1 aliphatic heterocycles. The minimum absolute atomic E-state index is 0.0508. The minimum Gasteiger partial charge on any atom is -0.303 e. The van der Waals surface area contributed by atoms with E-state index in [-0.39, 0.29) is 11.7 Å². The number of aromatic nitrogens is 2. The third-order valence-corrected chi connectivity index (χ3v) is 4.83. The first kappa shape index (κ1) is 9.84. The quantitative estimate of drug-likeness (QED) is 0.748. The predicted octanol–water partition coefficient (Wildman–Crippen LogP) is 1.24. The molecule has 84 valence electrons. The fraction of sp³-hybridized carbons (Fsp3) is 0.364. The van der Waals surface area contributed by atoms with Gasteiger partial charge in [-0.2, -0.15) is 0 Å². The van der Waals surface area contributed by atoms with Crippen molar-refractivity contribution >= 4 is 15.4 Å². The molecule has 0 bridgehead atoms. The van der Waals surface area contributed by atoms with E-state index in [1.54, 1.807) is 6.20 Å². The second-order valence-corrected chi connectivity index (χ2v) is 6.44. The molecule has 0 aliphatic carbocycles. The molecule has 3 heterocycles. The standard InChI is InChI=1S/C11H12N2O2S/c14-16(15)6-4-9(8-16)11-12-7-10-3-1-2-5-13(10)11/h1-3,5,7,9H,4,6,8H2. The van der Waals surface area contributed by atoms with Gasteiger partial charge < -0.3 is 4.40 Å². The summed E-state index contributed by atoms with van der Waals surface area (Å²) < 4.78 is 24.8. The lowest BCUT2D eigenvalue weighted by atomic mass is 10.1. The first-order valence-electron chi connectivity index (χ1n) is 5.28. The highest BCUT2D eigenvalue weighted by molar-refractivity contribution is 7.91. The molecule has 1 saturated heterocycles. The van der Waals surface area contributed by atoms with E-state index in [2.05, 4.69) is 4.98 Å². The van der Waals surface area contributed by atoms with E-state index in [1.165, 1.54) is 0 Å². The summed E-state index contributed by atoms with van der Waals surface area (Å²) in [5.41, 5.74) is 1.02. The van der Waals surface area contributed by atoms with Crippen LogP contribution in [0.3, 0.4) is 0 Å². The lowest BCUT2D eigenvalue weighted by Crippen LogP contribution is -2.07. The van der Waals surface area contributed by atoms with Gasteiger partial charge in [0.15, 0.2) is 9.84 Å². The molecule has 0 amide bonds. The van der Waals surface area contributed by atoms with Crippen LogP contribution in [0.4, 0.5) is 0 Å². The van der Waals surface area contributed by atoms with Crippen molar-refractivity contribution < 1.29 is 8.42 Å². The molecule has 0 aromatic carbocycles. The summed E-state index contributed by atoms with van der Waals surface area (Å²) in [7, 11) is -2.84. The summed E-state index contributed by atoms with van der Waals surface area (Å²) in [5, 5.41) is 0. The number of rotatable bonds is 1. The Balaban J connectivity index is 2.07. The van der Waals surface area contributed by atoms with E-state index < -0.39 is 9.84 Å². The summed E-state index contributed by atoms with van der Waals surface area (Å²) >= 11 is 0. The molecule has 16 heavy (non-hydrogen) atoms. The Kier molecular flexibility index (Phi) is 2.04. The SMILES string of the molecule is O=S1(=O)CCC(c2ncc3ccccn23)C1. The molecular weight excluding hydrogens is 224 g/mol. The van der Waals surface area contributed by atoms with Crippen molar-refractivity contribution in [2.24, 2.45) is 0 Å². The highest BCUT2D eigenvalue weighted by Gasteiger charge is 2.31. The summed E-state index contributed by atoms with van der Waals surface area (Å²) in [4.78, 5) is 4.34. The van der Waals surface area contributed by atoms with Crippen molar-refractivity contribution in [2.45, 2.75) is 12.3 Å². The molecule has 1 atom stereocenters. The molecule has 0 spiro atoms. The van der Waals surface area contributed by atoms with E-state index in [9.17, 15) is 8.42 Å². The molecule has 0 saturated carbocycles. The Bertz CT molecular complexity index is 630. The zero-order chi connectivity index (χ0) is 11.2. The Morgan fingerprint density at radius 1 is 1.38 bits per heavy atom. The number of pyridine rings is 1. The Morgan fingerprint density at radius 3 is 3.00 bits per heavy atom. The molecule has 0 radical (unpaired) electrons. The van der Waals surface area contributed by atoms with E-state index in [0.717, 1.165) is 11.3 Å². The number of hydrogen-bond donors (Lipinski definition) is 0. The van der Waals surface area contributed by atoms with Crippen molar-refractivity contribution in [1.29, 1.82) is 0 Å². The van der Waals surface area contributed by atoms with E-state index in [1.807, 2.05) is 28.8 Å². The summed E-state index contributed by atoms with van der Waals surface area (Å²) in [6.45, 7) is 0. The molecule has 1 unspecified atom stereocenters. The van der Waals surface area contributed by atoms with Crippen molar-refractivity contribution in [3.8, 4) is 0 Å². The number of sulfone groups is 1. The van der Waals surface area contributed by atoms with Crippen LogP contribution in [-0.4, -0.2) is 29.3 Å². The smallest absolute Gasteiger partial charge is 0.151 e. The minimum atomic E-state index is -2.84. The zero-order valence-electron chi connectivity index (χ0n) is 8.70. The third-order valence-electron chi connectivity index (χ3n) is 3.06. The van der Waals surface area contributed by atoms with Crippen LogP contribution in [0.1, 0.15) is 18.2 Å². The maximum atomic E-state index is 11.4. The van der Waals surface area contributed by atoms with E-state index >= 15 is 0 Å². The van der Waals surface area contributed by atoms with E-state index in [4.69, 9.17) is 0 Å². The Hall–Kier alpha value is -1.36. The predicted molar refractivity (Wildman–Crippen MR) is 61.2 cm³/mol. The van der Waals surface area contributed by atoms with Crippen LogP contribution in [-0.2, 0) is 9.84 Å². The van der Waals surface area contributed by atoms with Gasteiger partial charge in [0.25, 0.3) is 0 Å². The van der Waals surface area contributed by atoms with Crippen molar-refractivity contribution in [1.82, 2.24) is 9.38 Å². The monoisotopic (exact) mass is 236 g/mol. The fourth-order valence-corrected chi connectivity index (χ4v) is 4.00. The topological polar surface area (TPSA) is 51.4 Å². The van der Waals surface area contributed by atoms with Crippen LogP contribution < -0.4 is 0 Å². The lowest BCUT2D eigenvalue weighted by molar-refractivity contribution is 0.601. The Labute approximate surface area is 93.8 Å². The molecule has 1 fully saturated rings. The van der Waals surface area contributed by atoms with E-state index in [0.29, 0.717) is 12.2 Å². The van der Waals surface area contributed by atoms with Gasteiger partial charge in [-0.15, -0.1) is 0 Å². The van der Waals surface area contributed by atoms with Crippen molar-refractivity contribution in [3.63, 3.8) is 0 Å². The van der Waals surface area contributed by atoms with Gasteiger partial charge in [0.1, 0.15) is 5.82 Å². The molecule has 1 aliphatic rings. The van der Waals surface area contributed by atoms with Gasteiger partial charge in [0, 0.05) is 12.1 Å². The molecule has 4 nitrogen and oxygen atoms in total. The molecule has 0 N–H and O–H groups in total. The van der Waals surface area contributed by atoms with Crippen LogP contribution in [0.25, 0.3) is 5.52 Å². The van der Waals surface area contributed by atoms with Gasteiger partial charge in [-0.1, -0.05) is 6.07 Å². The van der Waals surface area contributed by atoms with Crippen LogP contribution >= 0.6 is 0 Å². The molecule has 2 aromatic rings. The average molecular weight is 236 g/mol. The number of nitrogens with zero attached hydrogens (tertiary/aromatic N) is 2. The Morgan fingerprint density at radius 2 is 2.25 bits per heavy atom. The van der Waals surface area contributed by atoms with Gasteiger partial charge >= 0.3 is 0 Å². The molecule has 2 aromatic heterocycles. The second-order valence-electron chi connectivity index (χ2n) is 4.21. The number of hydrogen-bond acceptors (Lipinski definition) is 3. The van der Waals surface area contributed by atoms with Crippen molar-refractivity contribution in [3.05, 3.63) is 36.4 Å². The van der Waals surface area contributed by atoms with Gasteiger partial charge in [0.05, 0.1) is 23.2 Å². The van der Waals surface area contributed by atoms with Crippen LogP contribution in [0.15, 0.2) is 30.6 Å². The molecule has 3 rings (SSSR count). The maximum Gasteiger partial charge on any atom is 0.151 e. The summed E-state index contributed by atoms with van der Waals surface area (Å²) in [6, 6.07) is 5.85. The van der Waals surface area contributed by atoms with Crippen LogP contribution in [0, 0.1) is 0 Å². The number of imidazole rings is 1. The first-order chi connectivity index (χ1) is 7.66. The highest BCUT2D eigenvalue weighted by atomic mass is 32.2. The largest absolute Gasteiger partial charge is 0.303 e. The third kappa shape index (κ3) is 1.51. The van der Waals surface area contributed by atoms with Crippen LogP contribution in [0.2, 0.25) is 0 Å². The number of fused-ring (bicyclic) bond motifs is 1. The van der Waals surface area contributed by atoms with Crippen molar-refractivity contribution in [2.75, 3.05) is 11.5 Å². The first-order valence-corrected chi connectivity index (χ1v) is 7.10. The second kappa shape index (κ2) is 3.31.